The lowest BCUT2D eigenvalue weighted by Gasteiger charge is -2.22. The molecule has 3 heteroatoms. The van der Waals surface area contributed by atoms with Gasteiger partial charge in [-0.25, -0.2) is 9.97 Å². The van der Waals surface area contributed by atoms with E-state index < -0.39 is 0 Å². The molecule has 0 fully saturated rings. The maximum absolute atomic E-state index is 5.38. The Kier molecular flexibility index (Phi) is 8.56. The van der Waals surface area contributed by atoms with E-state index in [0.29, 0.717) is 5.82 Å². The minimum absolute atomic E-state index is 0.166. The lowest BCUT2D eigenvalue weighted by atomic mass is 9.81. The van der Waals surface area contributed by atoms with Crippen molar-refractivity contribution in [2.75, 3.05) is 0 Å². The molecule has 3 nitrogen and oxygen atoms in total. The molecule has 0 spiro atoms. The third kappa shape index (κ3) is 5.97. The summed E-state index contributed by atoms with van der Waals surface area (Å²) >= 11 is 0. The molecule has 0 atom stereocenters. The fraction of sp³-hybridized carbons (Fsp3) is 0.0476. The molecule has 0 aliphatic heterocycles. The van der Waals surface area contributed by atoms with Gasteiger partial charge in [-0.15, -0.1) is 0 Å². The molecule has 1 aliphatic carbocycles. The molecular formula is C63H43N3. The van der Waals surface area contributed by atoms with Gasteiger partial charge in [0.25, 0.3) is 0 Å². The van der Waals surface area contributed by atoms with Crippen LogP contribution in [0, 0.1) is 0 Å². The van der Waals surface area contributed by atoms with E-state index in [1.54, 1.807) is 0 Å². The number of fused-ring (bicyclic) bond motifs is 8. The summed E-state index contributed by atoms with van der Waals surface area (Å²) in [5.41, 5.74) is 18.3. The largest absolute Gasteiger partial charge is 0.309 e. The van der Waals surface area contributed by atoms with Gasteiger partial charge in [0, 0.05) is 38.6 Å². The molecule has 0 bridgehead atoms. The van der Waals surface area contributed by atoms with E-state index in [1.807, 2.05) is 6.07 Å². The third-order valence-electron chi connectivity index (χ3n) is 14.0. The number of hydrogen-bond donors (Lipinski definition) is 0. The number of aromatic nitrogens is 3. The van der Waals surface area contributed by atoms with Crippen LogP contribution in [0.1, 0.15) is 25.0 Å². The van der Waals surface area contributed by atoms with Crippen LogP contribution in [-0.4, -0.2) is 14.5 Å². The molecule has 2 heterocycles. The van der Waals surface area contributed by atoms with Gasteiger partial charge < -0.3 is 4.57 Å². The number of hydrogen-bond acceptors (Lipinski definition) is 2. The molecule has 0 amide bonds. The molecule has 0 N–H and O–H groups in total. The summed E-state index contributed by atoms with van der Waals surface area (Å²) in [7, 11) is 0. The number of benzene rings is 10. The standard InChI is InChI=1S/C63H43N3/c1-63(2)55-29-16-28-53(61(55)54-36-42-19-9-10-20-43(42)37-56(54)63)58-39-57(64-62(65-58)40-17-5-3-6-18-40)50-34-33-47(48-25-11-12-26-49(48)50)45-22-15-21-41(35-45)44-31-32-52-51-27-13-14-30-59(51)66(60(52)38-44)46-23-7-4-8-24-46/h3-39H,1-2H3. The fourth-order valence-electron chi connectivity index (χ4n) is 10.8. The van der Waals surface area contributed by atoms with Gasteiger partial charge in [-0.05, 0) is 115 Å². The van der Waals surface area contributed by atoms with Crippen molar-refractivity contribution in [3.63, 3.8) is 0 Å². The van der Waals surface area contributed by atoms with Gasteiger partial charge in [-0.2, -0.15) is 0 Å². The molecule has 310 valence electrons. The van der Waals surface area contributed by atoms with Gasteiger partial charge >= 0.3 is 0 Å². The van der Waals surface area contributed by atoms with Crippen molar-refractivity contribution in [3.8, 4) is 73.0 Å². The summed E-state index contributed by atoms with van der Waals surface area (Å²) in [5.74, 6) is 0.709. The van der Waals surface area contributed by atoms with Crippen LogP contribution in [0.25, 0.3) is 116 Å². The highest BCUT2D eigenvalue weighted by atomic mass is 15.0. The van der Waals surface area contributed by atoms with Gasteiger partial charge in [0.1, 0.15) is 0 Å². The molecular weight excluding hydrogens is 799 g/mol. The first-order chi connectivity index (χ1) is 32.5. The summed E-state index contributed by atoms with van der Waals surface area (Å²) in [6.07, 6.45) is 0. The first kappa shape index (κ1) is 38.1. The highest BCUT2D eigenvalue weighted by Gasteiger charge is 2.37. The predicted octanol–water partition coefficient (Wildman–Crippen LogP) is 16.5. The van der Waals surface area contributed by atoms with Crippen LogP contribution in [0.2, 0.25) is 0 Å². The Morgan fingerprint density at radius 2 is 0.939 bits per heavy atom. The highest BCUT2D eigenvalue weighted by molar-refractivity contribution is 6.11. The quantitative estimate of drug-likeness (QED) is 0.167. The second-order valence-corrected chi connectivity index (χ2v) is 18.1. The summed E-state index contributed by atoms with van der Waals surface area (Å²) in [6.45, 7) is 4.70. The first-order valence-corrected chi connectivity index (χ1v) is 22.8. The van der Waals surface area contributed by atoms with Crippen LogP contribution in [0.3, 0.4) is 0 Å². The van der Waals surface area contributed by atoms with E-state index in [9.17, 15) is 0 Å². The monoisotopic (exact) mass is 841 g/mol. The first-order valence-electron chi connectivity index (χ1n) is 22.8. The Bertz CT molecular complexity index is 3900. The van der Waals surface area contributed by atoms with Gasteiger partial charge in [0.2, 0.25) is 0 Å². The molecule has 13 rings (SSSR count). The second kappa shape index (κ2) is 14.8. The van der Waals surface area contributed by atoms with Crippen LogP contribution < -0.4 is 0 Å². The van der Waals surface area contributed by atoms with Crippen molar-refractivity contribution in [2.24, 2.45) is 0 Å². The molecule has 66 heavy (non-hydrogen) atoms. The normalized spacial score (nSPS) is 12.8. The molecule has 0 saturated heterocycles. The van der Waals surface area contributed by atoms with E-state index in [0.717, 1.165) is 39.2 Å². The van der Waals surface area contributed by atoms with Crippen LogP contribution in [-0.2, 0) is 5.41 Å². The van der Waals surface area contributed by atoms with Crippen molar-refractivity contribution in [2.45, 2.75) is 19.3 Å². The van der Waals surface area contributed by atoms with Gasteiger partial charge in [0.05, 0.1) is 22.4 Å². The van der Waals surface area contributed by atoms with Gasteiger partial charge in [-0.1, -0.05) is 190 Å². The molecule has 0 unspecified atom stereocenters. The summed E-state index contributed by atoms with van der Waals surface area (Å²) in [6, 6.07) is 81.4. The van der Waals surface area contributed by atoms with Crippen molar-refractivity contribution >= 4 is 43.4 Å². The fourth-order valence-corrected chi connectivity index (χ4v) is 10.8. The van der Waals surface area contributed by atoms with Crippen molar-refractivity contribution in [3.05, 3.63) is 236 Å². The number of nitrogens with zero attached hydrogens (tertiary/aromatic N) is 3. The summed E-state index contributed by atoms with van der Waals surface area (Å²) < 4.78 is 2.39. The Morgan fingerprint density at radius 1 is 0.348 bits per heavy atom. The van der Waals surface area contributed by atoms with Crippen molar-refractivity contribution in [1.29, 1.82) is 0 Å². The lowest BCUT2D eigenvalue weighted by molar-refractivity contribution is 0.661. The Labute approximate surface area is 384 Å². The highest BCUT2D eigenvalue weighted by Crippen LogP contribution is 2.53. The molecule has 12 aromatic rings. The van der Waals surface area contributed by atoms with E-state index in [4.69, 9.17) is 9.97 Å². The zero-order chi connectivity index (χ0) is 43.9. The molecule has 2 aromatic heterocycles. The maximum atomic E-state index is 5.38. The van der Waals surface area contributed by atoms with Gasteiger partial charge in [-0.3, -0.25) is 0 Å². The Balaban J connectivity index is 0.956. The van der Waals surface area contributed by atoms with E-state index >= 15 is 0 Å². The van der Waals surface area contributed by atoms with E-state index in [-0.39, 0.29) is 5.41 Å². The molecule has 0 radical (unpaired) electrons. The SMILES string of the molecule is CC1(C)c2cc3ccccc3cc2-c2c(-c3cc(-c4ccc(-c5cccc(-c6ccc7c8ccccc8n(-c8ccccc8)c7c6)c5)c5ccccc45)nc(-c4ccccc4)n3)cccc21. The third-order valence-corrected chi connectivity index (χ3v) is 14.0. The van der Waals surface area contributed by atoms with E-state index in [1.165, 1.54) is 82.5 Å². The zero-order valence-electron chi connectivity index (χ0n) is 36.7. The Morgan fingerprint density at radius 3 is 1.74 bits per heavy atom. The smallest absolute Gasteiger partial charge is 0.160 e. The van der Waals surface area contributed by atoms with Crippen LogP contribution in [0.5, 0.6) is 0 Å². The number of rotatable bonds is 6. The van der Waals surface area contributed by atoms with Crippen LogP contribution >= 0.6 is 0 Å². The molecule has 1 aliphatic rings. The molecule has 0 saturated carbocycles. The average Bonchev–Trinajstić information content (AvgIpc) is 3.83. The second-order valence-electron chi connectivity index (χ2n) is 18.1. The van der Waals surface area contributed by atoms with Crippen molar-refractivity contribution in [1.82, 2.24) is 14.5 Å². The minimum Gasteiger partial charge on any atom is -0.309 e. The summed E-state index contributed by atoms with van der Waals surface area (Å²) in [4.78, 5) is 10.8. The van der Waals surface area contributed by atoms with Crippen LogP contribution in [0.15, 0.2) is 224 Å². The minimum atomic E-state index is -0.166. The van der Waals surface area contributed by atoms with Crippen molar-refractivity contribution < 1.29 is 0 Å². The summed E-state index contributed by atoms with van der Waals surface area (Å²) in [5, 5.41) is 7.34. The lowest BCUT2D eigenvalue weighted by Crippen LogP contribution is -2.14. The topological polar surface area (TPSA) is 30.7 Å². The van der Waals surface area contributed by atoms with Gasteiger partial charge in [0.15, 0.2) is 5.82 Å². The van der Waals surface area contributed by atoms with Crippen LogP contribution in [0.4, 0.5) is 0 Å². The number of para-hydroxylation sites is 2. The van der Waals surface area contributed by atoms with E-state index in [2.05, 4.69) is 237 Å². The molecule has 10 aromatic carbocycles. The maximum Gasteiger partial charge on any atom is 0.160 e. The average molecular weight is 842 g/mol. The Hall–Kier alpha value is -8.40. The predicted molar refractivity (Wildman–Crippen MR) is 276 cm³/mol. The zero-order valence-corrected chi connectivity index (χ0v) is 36.7.